The van der Waals surface area contributed by atoms with Crippen LogP contribution in [0.5, 0.6) is 5.75 Å². The van der Waals surface area contributed by atoms with E-state index >= 15 is 0 Å². The topological polar surface area (TPSA) is 96.0 Å². The van der Waals surface area contributed by atoms with Crippen LogP contribution >= 0.6 is 0 Å². The number of carbonyl (C=O) groups excluding carboxylic acids is 2. The van der Waals surface area contributed by atoms with Crippen LogP contribution < -0.4 is 10.1 Å². The van der Waals surface area contributed by atoms with Gasteiger partial charge in [-0.3, -0.25) is 9.69 Å². The zero-order valence-electron chi connectivity index (χ0n) is 21.9. The van der Waals surface area contributed by atoms with Crippen LogP contribution in [0.3, 0.4) is 0 Å². The van der Waals surface area contributed by atoms with E-state index in [1.165, 1.54) is 28.2 Å². The fraction of sp³-hybridized carbons (Fsp3) is 0.500. The lowest BCUT2D eigenvalue weighted by Crippen LogP contribution is -2.36. The van der Waals surface area contributed by atoms with Crippen molar-refractivity contribution < 1.29 is 22.7 Å². The van der Waals surface area contributed by atoms with Gasteiger partial charge in [0, 0.05) is 44.4 Å². The molecule has 1 fully saturated rings. The highest BCUT2D eigenvalue weighted by atomic mass is 32.2. The molecule has 0 spiro atoms. The van der Waals surface area contributed by atoms with Crippen molar-refractivity contribution in [3.05, 3.63) is 59.2 Å². The fourth-order valence-electron chi connectivity index (χ4n) is 5.49. The Bertz CT molecular complexity index is 1230. The van der Waals surface area contributed by atoms with E-state index in [2.05, 4.69) is 16.3 Å². The van der Waals surface area contributed by atoms with Crippen LogP contribution in [-0.2, 0) is 16.3 Å². The maximum absolute atomic E-state index is 12.3. The smallest absolute Gasteiger partial charge is 0.410 e. The van der Waals surface area contributed by atoms with Gasteiger partial charge in [0.1, 0.15) is 5.75 Å². The molecule has 2 unspecified atom stereocenters. The maximum atomic E-state index is 12.3. The number of carbonyl (C=O) groups is 2. The standard InChI is InChI=1S/C28H37N3O5S/c1-30(2)28(33)36-26-9-7-8-22-23-16-19-31(25(23)15-14-24(22)26)18-6-4-5-17-29-27(32)20-10-12-21(13-11-20)37(3,34)35/h7-13,23,25H,4-6,14-19H2,1-3H3,(H,29,32). The zero-order chi connectivity index (χ0) is 26.6. The molecule has 0 saturated carbocycles. The molecule has 0 aromatic heterocycles. The summed E-state index contributed by atoms with van der Waals surface area (Å²) in [7, 11) is 0.118. The molecule has 2 atom stereocenters. The van der Waals surface area contributed by atoms with Gasteiger partial charge >= 0.3 is 6.09 Å². The van der Waals surface area contributed by atoms with E-state index in [9.17, 15) is 18.0 Å². The Kier molecular flexibility index (Phi) is 8.54. The highest BCUT2D eigenvalue weighted by molar-refractivity contribution is 7.90. The Morgan fingerprint density at radius 2 is 1.81 bits per heavy atom. The molecule has 1 aliphatic heterocycles. The quantitative estimate of drug-likeness (QED) is 0.498. The number of hydrogen-bond acceptors (Lipinski definition) is 6. The Labute approximate surface area is 219 Å². The molecule has 4 rings (SSSR count). The molecule has 2 aliphatic rings. The monoisotopic (exact) mass is 527 g/mol. The molecule has 9 heteroatoms. The first kappa shape index (κ1) is 27.1. The van der Waals surface area contributed by atoms with Crippen molar-refractivity contribution in [3.63, 3.8) is 0 Å². The SMILES string of the molecule is CN(C)C(=O)Oc1cccc2c1CCC1C2CCN1CCCCCNC(=O)c1ccc(S(C)(=O)=O)cc1. The van der Waals surface area contributed by atoms with E-state index in [0.29, 0.717) is 29.8 Å². The molecule has 1 N–H and O–H groups in total. The minimum atomic E-state index is -3.27. The second kappa shape index (κ2) is 11.6. The molecule has 0 radical (unpaired) electrons. The Morgan fingerprint density at radius 1 is 1.05 bits per heavy atom. The van der Waals surface area contributed by atoms with E-state index in [-0.39, 0.29) is 16.9 Å². The van der Waals surface area contributed by atoms with Crippen LogP contribution in [0.15, 0.2) is 47.4 Å². The summed E-state index contributed by atoms with van der Waals surface area (Å²) in [5, 5.41) is 2.93. The molecule has 8 nitrogen and oxygen atoms in total. The molecule has 2 aromatic rings. The number of fused-ring (bicyclic) bond motifs is 3. The number of nitrogens with one attached hydrogen (secondary N) is 1. The predicted molar refractivity (Wildman–Crippen MR) is 143 cm³/mol. The number of rotatable bonds is 9. The Hall–Kier alpha value is -2.91. The third-order valence-corrected chi connectivity index (χ3v) is 8.56. The number of amides is 2. The van der Waals surface area contributed by atoms with Gasteiger partial charge < -0.3 is 15.0 Å². The van der Waals surface area contributed by atoms with Crippen molar-refractivity contribution in [2.45, 2.75) is 55.4 Å². The summed E-state index contributed by atoms with van der Waals surface area (Å²) in [4.78, 5) is 28.7. The van der Waals surface area contributed by atoms with Crippen LogP contribution in [0, 0.1) is 0 Å². The number of hydrogen-bond donors (Lipinski definition) is 1. The highest BCUT2D eigenvalue weighted by Gasteiger charge is 2.39. The van der Waals surface area contributed by atoms with E-state index in [1.807, 2.05) is 12.1 Å². The van der Waals surface area contributed by atoms with Gasteiger partial charge in [-0.25, -0.2) is 13.2 Å². The largest absolute Gasteiger partial charge is 0.414 e. The molecule has 200 valence electrons. The summed E-state index contributed by atoms with van der Waals surface area (Å²) >= 11 is 0. The van der Waals surface area contributed by atoms with Crippen LogP contribution in [0.4, 0.5) is 4.79 Å². The Morgan fingerprint density at radius 3 is 2.51 bits per heavy atom. The predicted octanol–water partition coefficient (Wildman–Crippen LogP) is 3.85. The second-order valence-corrected chi connectivity index (χ2v) is 12.3. The van der Waals surface area contributed by atoms with E-state index in [4.69, 9.17) is 4.74 Å². The average molecular weight is 528 g/mol. The maximum Gasteiger partial charge on any atom is 0.414 e. The number of sulfone groups is 1. The molecular weight excluding hydrogens is 490 g/mol. The lowest BCUT2D eigenvalue weighted by atomic mass is 9.79. The number of unbranched alkanes of at least 4 members (excludes halogenated alkanes) is 2. The van der Waals surface area contributed by atoms with Gasteiger partial charge in [-0.1, -0.05) is 18.6 Å². The van der Waals surface area contributed by atoms with Gasteiger partial charge in [0.25, 0.3) is 5.91 Å². The minimum absolute atomic E-state index is 0.182. The summed E-state index contributed by atoms with van der Waals surface area (Å²) in [6, 6.07) is 12.7. The highest BCUT2D eigenvalue weighted by Crippen LogP contribution is 2.44. The molecule has 1 saturated heterocycles. The van der Waals surface area contributed by atoms with Crippen molar-refractivity contribution in [2.24, 2.45) is 0 Å². The number of likely N-dealkylation sites (tertiary alicyclic amines) is 1. The molecule has 0 bridgehead atoms. The van der Waals surface area contributed by atoms with Crippen molar-refractivity contribution in [2.75, 3.05) is 40.0 Å². The third kappa shape index (κ3) is 6.51. The number of benzene rings is 2. The summed E-state index contributed by atoms with van der Waals surface area (Å²) < 4.78 is 28.8. The summed E-state index contributed by atoms with van der Waals surface area (Å²) in [6.45, 7) is 2.73. The van der Waals surface area contributed by atoms with Crippen LogP contribution in [-0.4, -0.2) is 76.2 Å². The zero-order valence-corrected chi connectivity index (χ0v) is 22.7. The van der Waals surface area contributed by atoms with E-state index < -0.39 is 9.84 Å². The van der Waals surface area contributed by atoms with Crippen LogP contribution in [0.25, 0.3) is 0 Å². The molecule has 37 heavy (non-hydrogen) atoms. The second-order valence-electron chi connectivity index (χ2n) is 10.2. The summed E-state index contributed by atoms with van der Waals surface area (Å²) in [6.07, 6.45) is 6.93. The first-order valence-electron chi connectivity index (χ1n) is 13.0. The number of ether oxygens (including phenoxy) is 1. The Balaban J connectivity index is 1.21. The summed E-state index contributed by atoms with van der Waals surface area (Å²) in [5.41, 5.74) is 2.98. The third-order valence-electron chi connectivity index (χ3n) is 7.43. The van der Waals surface area contributed by atoms with Crippen molar-refractivity contribution in [1.82, 2.24) is 15.1 Å². The van der Waals surface area contributed by atoms with Gasteiger partial charge in [-0.05, 0) is 86.7 Å². The lowest BCUT2D eigenvalue weighted by molar-refractivity contribution is 0.0952. The van der Waals surface area contributed by atoms with Gasteiger partial charge in [0.2, 0.25) is 0 Å². The van der Waals surface area contributed by atoms with E-state index in [0.717, 1.165) is 57.9 Å². The van der Waals surface area contributed by atoms with Crippen LogP contribution in [0.1, 0.15) is 59.5 Å². The first-order chi connectivity index (χ1) is 17.6. The summed E-state index contributed by atoms with van der Waals surface area (Å²) in [5.74, 6) is 0.996. The van der Waals surface area contributed by atoms with Gasteiger partial charge in [-0.2, -0.15) is 0 Å². The number of nitrogens with zero attached hydrogens (tertiary/aromatic N) is 2. The van der Waals surface area contributed by atoms with Gasteiger partial charge in [0.05, 0.1) is 4.90 Å². The fourth-order valence-corrected chi connectivity index (χ4v) is 6.12. The lowest BCUT2D eigenvalue weighted by Gasteiger charge is -2.34. The molecule has 2 aromatic carbocycles. The van der Waals surface area contributed by atoms with Crippen molar-refractivity contribution in [3.8, 4) is 5.75 Å². The normalized spacial score (nSPS) is 19.1. The van der Waals surface area contributed by atoms with Gasteiger partial charge in [-0.15, -0.1) is 0 Å². The first-order valence-corrected chi connectivity index (χ1v) is 14.9. The van der Waals surface area contributed by atoms with Gasteiger partial charge in [0.15, 0.2) is 9.84 Å². The average Bonchev–Trinajstić information content (AvgIpc) is 3.29. The molecule has 2 amide bonds. The van der Waals surface area contributed by atoms with Crippen molar-refractivity contribution >= 4 is 21.8 Å². The minimum Gasteiger partial charge on any atom is -0.410 e. The molecule has 1 aliphatic carbocycles. The molecular formula is C28H37N3O5S. The van der Waals surface area contributed by atoms with Crippen molar-refractivity contribution in [1.29, 1.82) is 0 Å². The van der Waals surface area contributed by atoms with Crippen LogP contribution in [0.2, 0.25) is 0 Å². The van der Waals surface area contributed by atoms with E-state index in [1.54, 1.807) is 26.2 Å². The molecule has 1 heterocycles.